The molecule has 116 valence electrons. The maximum absolute atomic E-state index is 12.5. The summed E-state index contributed by atoms with van der Waals surface area (Å²) in [6.45, 7) is 0.00473. The van der Waals surface area contributed by atoms with Crippen molar-refractivity contribution in [3.8, 4) is 0 Å². The van der Waals surface area contributed by atoms with Gasteiger partial charge in [0.1, 0.15) is 0 Å². The lowest BCUT2D eigenvalue weighted by Crippen LogP contribution is -2.35. The summed E-state index contributed by atoms with van der Waals surface area (Å²) in [6.07, 6.45) is -0.872. The summed E-state index contributed by atoms with van der Waals surface area (Å²) in [6, 6.07) is 1.48. The van der Waals surface area contributed by atoms with Gasteiger partial charge in [-0.3, -0.25) is 9.59 Å². The van der Waals surface area contributed by atoms with Gasteiger partial charge in [-0.25, -0.2) is 4.68 Å². The first kappa shape index (κ1) is 15.5. The predicted octanol–water partition coefficient (Wildman–Crippen LogP) is 1.57. The highest BCUT2D eigenvalue weighted by atomic mass is 19.4. The molecule has 0 spiro atoms. The Morgan fingerprint density at radius 1 is 1.33 bits per heavy atom. The topological polar surface area (TPSA) is 64.0 Å². The number of nitrogens with one attached hydrogen (secondary N) is 1. The Morgan fingerprint density at radius 2 is 2.00 bits per heavy atom. The molecule has 0 aromatic carbocycles. The van der Waals surface area contributed by atoms with E-state index in [9.17, 15) is 22.8 Å². The van der Waals surface area contributed by atoms with Crippen LogP contribution in [0.5, 0.6) is 0 Å². The number of rotatable bonds is 4. The first-order chi connectivity index (χ1) is 9.88. The van der Waals surface area contributed by atoms with Crippen molar-refractivity contribution in [3.63, 3.8) is 0 Å². The Morgan fingerprint density at radius 3 is 2.62 bits per heavy atom. The van der Waals surface area contributed by atoms with Crippen molar-refractivity contribution in [2.75, 3.05) is 6.54 Å². The molecule has 1 fully saturated rings. The van der Waals surface area contributed by atoms with Gasteiger partial charge in [-0.05, 0) is 18.9 Å². The zero-order valence-electron chi connectivity index (χ0n) is 11.3. The predicted molar refractivity (Wildman–Crippen MR) is 68.5 cm³/mol. The molecule has 0 radical (unpaired) electrons. The minimum Gasteiger partial charge on any atom is -0.354 e. The highest BCUT2D eigenvalue weighted by Crippen LogP contribution is 2.26. The lowest BCUT2D eigenvalue weighted by molar-refractivity contribution is -0.142. The highest BCUT2D eigenvalue weighted by molar-refractivity contribution is 5.78. The lowest BCUT2D eigenvalue weighted by Gasteiger charge is -2.12. The molecule has 1 aromatic heterocycles. The number of amides is 1. The summed E-state index contributed by atoms with van der Waals surface area (Å²) in [4.78, 5) is 23.2. The maximum atomic E-state index is 12.5. The number of halogens is 3. The fourth-order valence-electron chi connectivity index (χ4n) is 2.38. The first-order valence-electron chi connectivity index (χ1n) is 6.81. The van der Waals surface area contributed by atoms with Gasteiger partial charge >= 0.3 is 6.18 Å². The lowest BCUT2D eigenvalue weighted by atomic mass is 10.1. The van der Waals surface area contributed by atoms with Crippen molar-refractivity contribution < 1.29 is 18.0 Å². The van der Waals surface area contributed by atoms with Crippen LogP contribution in [0.3, 0.4) is 0 Å². The van der Waals surface area contributed by atoms with Crippen LogP contribution in [0.1, 0.15) is 31.4 Å². The van der Waals surface area contributed by atoms with Gasteiger partial charge in [-0.15, -0.1) is 0 Å². The summed E-state index contributed by atoms with van der Waals surface area (Å²) in [7, 11) is 0. The third kappa shape index (κ3) is 4.05. The average Bonchev–Trinajstić information content (AvgIpc) is 2.93. The van der Waals surface area contributed by atoms with E-state index in [0.717, 1.165) is 36.4 Å². The van der Waals surface area contributed by atoms with E-state index < -0.39 is 17.4 Å². The van der Waals surface area contributed by atoms with E-state index in [4.69, 9.17) is 0 Å². The molecule has 1 saturated carbocycles. The number of carbonyl (C=O) groups excluding carboxylic acids is 1. The number of hydrogen-bond donors (Lipinski definition) is 1. The van der Waals surface area contributed by atoms with Crippen LogP contribution >= 0.6 is 0 Å². The number of nitrogens with zero attached hydrogens (tertiary/aromatic N) is 2. The smallest absolute Gasteiger partial charge is 0.354 e. The Balaban J connectivity index is 1.93. The molecule has 0 aliphatic heterocycles. The molecule has 1 aliphatic rings. The number of alkyl halides is 3. The number of carbonyl (C=O) groups is 1. The van der Waals surface area contributed by atoms with Crippen molar-refractivity contribution in [2.24, 2.45) is 5.92 Å². The van der Waals surface area contributed by atoms with Crippen molar-refractivity contribution >= 4 is 5.91 Å². The molecule has 21 heavy (non-hydrogen) atoms. The third-order valence-corrected chi connectivity index (χ3v) is 3.51. The normalized spacial score (nSPS) is 16.1. The number of aromatic nitrogens is 2. The van der Waals surface area contributed by atoms with Crippen molar-refractivity contribution in [1.82, 2.24) is 15.1 Å². The molecule has 1 aromatic rings. The van der Waals surface area contributed by atoms with E-state index in [0.29, 0.717) is 6.07 Å². The molecular weight excluding hydrogens is 287 g/mol. The minimum absolute atomic E-state index is 0.0174. The van der Waals surface area contributed by atoms with Crippen LogP contribution in [0.4, 0.5) is 13.2 Å². The van der Waals surface area contributed by atoms with Gasteiger partial charge in [-0.2, -0.15) is 18.3 Å². The average molecular weight is 303 g/mol. The van der Waals surface area contributed by atoms with Gasteiger partial charge in [0.2, 0.25) is 5.91 Å². The van der Waals surface area contributed by atoms with Crippen LogP contribution in [0.15, 0.2) is 16.9 Å². The Labute approximate surface area is 119 Å². The summed E-state index contributed by atoms with van der Waals surface area (Å²) in [5, 5.41) is 5.90. The third-order valence-electron chi connectivity index (χ3n) is 3.51. The molecule has 8 heteroatoms. The Hall–Kier alpha value is -1.86. The molecular formula is C13H16F3N3O2. The van der Waals surface area contributed by atoms with E-state index in [1.165, 1.54) is 0 Å². The molecule has 1 N–H and O–H groups in total. The molecule has 1 heterocycles. The standard InChI is InChI=1S/C13H16F3N3O2/c14-13(15,16)10-5-6-11(20)19(18-10)8-7-17-12(21)9-3-1-2-4-9/h5-6,9H,1-4,7-8H2,(H,17,21). The summed E-state index contributed by atoms with van der Waals surface area (Å²) in [5.41, 5.74) is -1.75. The van der Waals surface area contributed by atoms with Gasteiger partial charge in [-0.1, -0.05) is 12.8 Å². The second kappa shape index (κ2) is 6.28. The van der Waals surface area contributed by atoms with E-state index in [1.54, 1.807) is 0 Å². The quantitative estimate of drug-likeness (QED) is 0.918. The van der Waals surface area contributed by atoms with Crippen molar-refractivity contribution in [2.45, 2.75) is 38.4 Å². The molecule has 0 unspecified atom stereocenters. The molecule has 0 bridgehead atoms. The van der Waals surface area contributed by atoms with Crippen molar-refractivity contribution in [1.29, 1.82) is 0 Å². The van der Waals surface area contributed by atoms with E-state index in [2.05, 4.69) is 10.4 Å². The summed E-state index contributed by atoms with van der Waals surface area (Å²) < 4.78 is 38.2. The molecule has 0 saturated heterocycles. The monoisotopic (exact) mass is 303 g/mol. The molecule has 0 atom stereocenters. The second-order valence-electron chi connectivity index (χ2n) is 5.05. The first-order valence-corrected chi connectivity index (χ1v) is 6.81. The minimum atomic E-state index is -4.59. The van der Waals surface area contributed by atoms with Crippen LogP contribution in [-0.2, 0) is 17.5 Å². The Kier molecular flexibility index (Phi) is 4.64. The van der Waals surface area contributed by atoms with Gasteiger partial charge in [0.05, 0.1) is 6.54 Å². The van der Waals surface area contributed by atoms with Gasteiger partial charge < -0.3 is 5.32 Å². The molecule has 1 amide bonds. The fourth-order valence-corrected chi connectivity index (χ4v) is 2.38. The van der Waals surface area contributed by atoms with Gasteiger partial charge in [0.15, 0.2) is 5.69 Å². The van der Waals surface area contributed by atoms with Crippen LogP contribution in [-0.4, -0.2) is 22.2 Å². The Bertz CT molecular complexity index is 563. The molecule has 1 aliphatic carbocycles. The van der Waals surface area contributed by atoms with Crippen LogP contribution in [0.25, 0.3) is 0 Å². The molecule has 5 nitrogen and oxygen atoms in total. The fraction of sp³-hybridized carbons (Fsp3) is 0.615. The second-order valence-corrected chi connectivity index (χ2v) is 5.05. The van der Waals surface area contributed by atoms with Crippen LogP contribution in [0.2, 0.25) is 0 Å². The highest BCUT2D eigenvalue weighted by Gasteiger charge is 2.33. The van der Waals surface area contributed by atoms with Gasteiger partial charge in [0.25, 0.3) is 5.56 Å². The maximum Gasteiger partial charge on any atom is 0.435 e. The zero-order chi connectivity index (χ0) is 15.5. The van der Waals surface area contributed by atoms with E-state index >= 15 is 0 Å². The number of hydrogen-bond acceptors (Lipinski definition) is 3. The molecule has 2 rings (SSSR count). The van der Waals surface area contributed by atoms with Crippen LogP contribution < -0.4 is 10.9 Å². The summed E-state index contributed by atoms with van der Waals surface area (Å²) in [5.74, 6) is -0.122. The zero-order valence-corrected chi connectivity index (χ0v) is 11.3. The van der Waals surface area contributed by atoms with Crippen LogP contribution in [0, 0.1) is 5.92 Å². The SMILES string of the molecule is O=C(NCCn1nc(C(F)(F)F)ccc1=O)C1CCCC1. The van der Waals surface area contributed by atoms with Gasteiger partial charge in [0, 0.05) is 18.5 Å². The van der Waals surface area contributed by atoms with E-state index in [1.807, 2.05) is 0 Å². The van der Waals surface area contributed by atoms with E-state index in [-0.39, 0.29) is 24.9 Å². The largest absolute Gasteiger partial charge is 0.435 e. The summed E-state index contributed by atoms with van der Waals surface area (Å²) >= 11 is 0. The van der Waals surface area contributed by atoms with Crippen molar-refractivity contribution in [3.05, 3.63) is 28.2 Å².